The monoisotopic (exact) mass is 386 g/mol. The minimum atomic E-state index is -0.534. The Morgan fingerprint density at radius 2 is 1.42 bits per heavy atom. The first-order valence-corrected chi connectivity index (χ1v) is 8.73. The number of esters is 1. The van der Waals surface area contributed by atoms with Gasteiger partial charge in [-0.3, -0.25) is 0 Å². The Morgan fingerprint density at radius 1 is 0.846 bits per heavy atom. The lowest BCUT2D eigenvalue weighted by atomic mass is 10.1. The van der Waals surface area contributed by atoms with E-state index in [0.29, 0.717) is 21.5 Å². The summed E-state index contributed by atoms with van der Waals surface area (Å²) in [6.07, 6.45) is 0. The number of ether oxygens (including phenoxy) is 2. The highest BCUT2D eigenvalue weighted by Crippen LogP contribution is 2.29. The summed E-state index contributed by atoms with van der Waals surface area (Å²) in [5.41, 5.74) is 2.93. The van der Waals surface area contributed by atoms with Gasteiger partial charge in [0.15, 0.2) is 6.61 Å². The largest absolute Gasteiger partial charge is 0.482 e. The molecule has 0 aliphatic heterocycles. The van der Waals surface area contributed by atoms with Crippen molar-refractivity contribution < 1.29 is 14.3 Å². The average molecular weight is 387 g/mol. The van der Waals surface area contributed by atoms with Crippen molar-refractivity contribution in [1.29, 1.82) is 0 Å². The van der Waals surface area contributed by atoms with E-state index in [1.807, 2.05) is 54.6 Å². The smallest absolute Gasteiger partial charge is 0.349 e. The van der Waals surface area contributed by atoms with E-state index < -0.39 is 5.97 Å². The average Bonchev–Trinajstić information content (AvgIpc) is 2.65. The van der Waals surface area contributed by atoms with Crippen molar-refractivity contribution in [3.05, 3.63) is 82.3 Å². The second-order valence-corrected chi connectivity index (χ2v) is 6.48. The van der Waals surface area contributed by atoms with Crippen molar-refractivity contribution in [3.8, 4) is 22.6 Å². The Kier molecular flexibility index (Phi) is 5.82. The minimum absolute atomic E-state index is 0.214. The molecule has 0 aliphatic carbocycles. The maximum Gasteiger partial charge on any atom is 0.349 e. The van der Waals surface area contributed by atoms with Gasteiger partial charge in [-0.2, -0.15) is 0 Å². The van der Waals surface area contributed by atoms with Crippen molar-refractivity contribution in [1.82, 2.24) is 0 Å². The first-order valence-electron chi connectivity index (χ1n) is 7.97. The molecule has 0 atom stereocenters. The number of hydrogen-bond acceptors (Lipinski definition) is 3. The standard InChI is InChI=1S/C21H16Cl2O3/c1-14-19(22)11-18(12-20(14)23)26-21(24)13-25-17-9-7-16(8-10-17)15-5-3-2-4-6-15/h2-12H,13H2,1H3. The van der Waals surface area contributed by atoms with Crippen molar-refractivity contribution in [2.75, 3.05) is 6.61 Å². The van der Waals surface area contributed by atoms with E-state index in [0.717, 1.165) is 16.7 Å². The lowest BCUT2D eigenvalue weighted by Crippen LogP contribution is -2.17. The van der Waals surface area contributed by atoms with Gasteiger partial charge < -0.3 is 9.47 Å². The molecule has 0 fully saturated rings. The fourth-order valence-corrected chi connectivity index (χ4v) is 2.83. The van der Waals surface area contributed by atoms with Crippen LogP contribution < -0.4 is 9.47 Å². The maximum atomic E-state index is 11.9. The summed E-state index contributed by atoms with van der Waals surface area (Å²) in [6, 6.07) is 20.6. The van der Waals surface area contributed by atoms with Crippen molar-refractivity contribution in [2.24, 2.45) is 0 Å². The van der Waals surface area contributed by atoms with Gasteiger partial charge in [0, 0.05) is 10.0 Å². The predicted octanol–water partition coefficient (Wildman–Crippen LogP) is 5.95. The second-order valence-electron chi connectivity index (χ2n) is 5.67. The van der Waals surface area contributed by atoms with E-state index >= 15 is 0 Å². The molecule has 0 aliphatic rings. The summed E-state index contributed by atoms with van der Waals surface area (Å²) in [4.78, 5) is 11.9. The van der Waals surface area contributed by atoms with E-state index in [2.05, 4.69) is 0 Å². The molecule has 3 rings (SSSR count). The highest BCUT2D eigenvalue weighted by Gasteiger charge is 2.10. The first kappa shape index (κ1) is 18.3. The Bertz CT molecular complexity index is 883. The van der Waals surface area contributed by atoms with Gasteiger partial charge in [0.1, 0.15) is 11.5 Å². The number of hydrogen-bond donors (Lipinski definition) is 0. The molecule has 0 aromatic heterocycles. The van der Waals surface area contributed by atoms with E-state index in [-0.39, 0.29) is 6.61 Å². The summed E-state index contributed by atoms with van der Waals surface area (Å²) in [5.74, 6) is 0.341. The van der Waals surface area contributed by atoms with Crippen molar-refractivity contribution >= 4 is 29.2 Å². The zero-order valence-electron chi connectivity index (χ0n) is 14.0. The van der Waals surface area contributed by atoms with Crippen LogP contribution in [0.25, 0.3) is 11.1 Å². The van der Waals surface area contributed by atoms with Gasteiger partial charge in [-0.05, 0) is 47.9 Å². The van der Waals surface area contributed by atoms with Crippen LogP contribution in [0.2, 0.25) is 10.0 Å². The SMILES string of the molecule is Cc1c(Cl)cc(OC(=O)COc2ccc(-c3ccccc3)cc2)cc1Cl. The third-order valence-corrected chi connectivity index (χ3v) is 4.59. The van der Waals surface area contributed by atoms with E-state index in [9.17, 15) is 4.79 Å². The van der Waals surface area contributed by atoms with Crippen LogP contribution in [-0.2, 0) is 4.79 Å². The lowest BCUT2D eigenvalue weighted by Gasteiger charge is -2.09. The van der Waals surface area contributed by atoms with E-state index in [1.54, 1.807) is 19.1 Å². The molecular weight excluding hydrogens is 371 g/mol. The molecule has 5 heteroatoms. The number of benzene rings is 3. The van der Waals surface area contributed by atoms with Crippen molar-refractivity contribution in [2.45, 2.75) is 6.92 Å². The fraction of sp³-hybridized carbons (Fsp3) is 0.0952. The van der Waals surface area contributed by atoms with Crippen LogP contribution in [0.3, 0.4) is 0 Å². The zero-order chi connectivity index (χ0) is 18.5. The highest BCUT2D eigenvalue weighted by molar-refractivity contribution is 6.36. The summed E-state index contributed by atoms with van der Waals surface area (Å²) >= 11 is 12.1. The first-order chi connectivity index (χ1) is 12.5. The van der Waals surface area contributed by atoms with Crippen LogP contribution in [0.5, 0.6) is 11.5 Å². The third-order valence-electron chi connectivity index (χ3n) is 3.80. The number of carbonyl (C=O) groups excluding carboxylic acids is 1. The summed E-state index contributed by atoms with van der Waals surface area (Å²) in [6.45, 7) is 1.58. The molecule has 3 aromatic carbocycles. The Hall–Kier alpha value is -2.49. The molecule has 0 unspecified atom stereocenters. The molecule has 0 radical (unpaired) electrons. The maximum absolute atomic E-state index is 11.9. The normalized spacial score (nSPS) is 10.4. The molecule has 0 saturated heterocycles. The van der Waals surface area contributed by atoms with Gasteiger partial charge in [0.05, 0.1) is 0 Å². The predicted molar refractivity (Wildman–Crippen MR) is 104 cm³/mol. The van der Waals surface area contributed by atoms with Gasteiger partial charge in [0.2, 0.25) is 0 Å². The van der Waals surface area contributed by atoms with Crippen LogP contribution in [0.1, 0.15) is 5.56 Å². The van der Waals surface area contributed by atoms with E-state index in [4.69, 9.17) is 32.7 Å². The summed E-state index contributed by atoms with van der Waals surface area (Å²) in [7, 11) is 0. The molecule has 3 nitrogen and oxygen atoms in total. The van der Waals surface area contributed by atoms with Gasteiger partial charge in [-0.25, -0.2) is 4.79 Å². The Labute approximate surface area is 162 Å². The quantitative estimate of drug-likeness (QED) is 0.401. The van der Waals surface area contributed by atoms with Gasteiger partial charge in [0.25, 0.3) is 0 Å². The Morgan fingerprint density at radius 3 is 2.04 bits per heavy atom. The highest BCUT2D eigenvalue weighted by atomic mass is 35.5. The molecule has 0 N–H and O–H groups in total. The van der Waals surface area contributed by atoms with Crippen LogP contribution >= 0.6 is 23.2 Å². The van der Waals surface area contributed by atoms with Gasteiger partial charge in [-0.15, -0.1) is 0 Å². The Balaban J connectivity index is 1.58. The molecule has 0 amide bonds. The molecular formula is C21H16Cl2O3. The third kappa shape index (κ3) is 4.57. The van der Waals surface area contributed by atoms with Crippen LogP contribution in [0.4, 0.5) is 0 Å². The molecule has 0 heterocycles. The topological polar surface area (TPSA) is 35.5 Å². The molecule has 26 heavy (non-hydrogen) atoms. The molecule has 0 spiro atoms. The fourth-order valence-electron chi connectivity index (χ4n) is 2.36. The van der Waals surface area contributed by atoms with Gasteiger partial charge in [-0.1, -0.05) is 65.7 Å². The summed E-state index contributed by atoms with van der Waals surface area (Å²) < 4.78 is 10.7. The lowest BCUT2D eigenvalue weighted by molar-refractivity contribution is -0.136. The van der Waals surface area contributed by atoms with Crippen molar-refractivity contribution in [3.63, 3.8) is 0 Å². The summed E-state index contributed by atoms with van der Waals surface area (Å²) in [5, 5.41) is 0.885. The van der Waals surface area contributed by atoms with E-state index in [1.165, 1.54) is 0 Å². The minimum Gasteiger partial charge on any atom is -0.482 e. The second kappa shape index (κ2) is 8.26. The number of carbonyl (C=O) groups is 1. The van der Waals surface area contributed by atoms with Crippen LogP contribution in [-0.4, -0.2) is 12.6 Å². The molecule has 3 aromatic rings. The molecule has 0 saturated carbocycles. The molecule has 132 valence electrons. The van der Waals surface area contributed by atoms with Gasteiger partial charge >= 0.3 is 5.97 Å². The number of rotatable bonds is 5. The van der Waals surface area contributed by atoms with Crippen LogP contribution in [0, 0.1) is 6.92 Å². The number of halogens is 2. The van der Waals surface area contributed by atoms with Crippen LogP contribution in [0.15, 0.2) is 66.7 Å². The molecule has 0 bridgehead atoms. The zero-order valence-corrected chi connectivity index (χ0v) is 15.6.